The van der Waals surface area contributed by atoms with Crippen LogP contribution in [0.15, 0.2) is 29.2 Å². The average Bonchev–Trinajstić information content (AvgIpc) is 2.79. The van der Waals surface area contributed by atoms with Crippen molar-refractivity contribution in [2.75, 3.05) is 13.1 Å². The van der Waals surface area contributed by atoms with E-state index in [4.69, 9.17) is 5.73 Å². The summed E-state index contributed by atoms with van der Waals surface area (Å²) < 4.78 is 26.6. The zero-order chi connectivity index (χ0) is 13.3. The Bertz CT molecular complexity index is 526. The Morgan fingerprint density at radius 1 is 1.39 bits per heavy atom. The van der Waals surface area contributed by atoms with E-state index in [0.29, 0.717) is 18.0 Å². The van der Waals surface area contributed by atoms with E-state index >= 15 is 0 Å². The van der Waals surface area contributed by atoms with Crippen molar-refractivity contribution in [3.8, 4) is 0 Å². The van der Waals surface area contributed by atoms with Gasteiger partial charge < -0.3 is 5.73 Å². The lowest BCUT2D eigenvalue weighted by atomic mass is 10.0. The SMILES string of the molecule is Cc1ccccc1S(=O)(=O)N1CCC(C(C)N)C1. The smallest absolute Gasteiger partial charge is 0.243 e. The van der Waals surface area contributed by atoms with Gasteiger partial charge in [-0.05, 0) is 37.8 Å². The summed E-state index contributed by atoms with van der Waals surface area (Å²) in [7, 11) is -3.36. The van der Waals surface area contributed by atoms with Crippen LogP contribution in [0.1, 0.15) is 18.9 Å². The highest BCUT2D eigenvalue weighted by molar-refractivity contribution is 7.89. The van der Waals surface area contributed by atoms with Gasteiger partial charge in [-0.1, -0.05) is 18.2 Å². The predicted octanol–water partition coefficient (Wildman–Crippen LogP) is 1.35. The quantitative estimate of drug-likeness (QED) is 0.900. The van der Waals surface area contributed by atoms with Crippen molar-refractivity contribution in [1.82, 2.24) is 4.31 Å². The lowest BCUT2D eigenvalue weighted by molar-refractivity contribution is 0.429. The highest BCUT2D eigenvalue weighted by Crippen LogP contribution is 2.27. The second kappa shape index (κ2) is 4.99. The molecule has 1 heterocycles. The monoisotopic (exact) mass is 268 g/mol. The zero-order valence-electron chi connectivity index (χ0n) is 10.8. The number of hydrogen-bond donors (Lipinski definition) is 1. The second-order valence-electron chi connectivity index (χ2n) is 5.04. The Hall–Kier alpha value is -0.910. The topological polar surface area (TPSA) is 63.4 Å². The molecule has 1 aromatic carbocycles. The van der Waals surface area contributed by atoms with Gasteiger partial charge in [0.2, 0.25) is 10.0 Å². The normalized spacial score (nSPS) is 23.2. The molecule has 1 fully saturated rings. The van der Waals surface area contributed by atoms with Gasteiger partial charge in [0.15, 0.2) is 0 Å². The molecule has 1 saturated heterocycles. The van der Waals surface area contributed by atoms with Crippen molar-refractivity contribution < 1.29 is 8.42 Å². The average molecular weight is 268 g/mol. The first kappa shape index (κ1) is 13.5. The van der Waals surface area contributed by atoms with Crippen molar-refractivity contribution in [2.45, 2.75) is 31.2 Å². The molecule has 0 bridgehead atoms. The van der Waals surface area contributed by atoms with Gasteiger partial charge in [-0.15, -0.1) is 0 Å². The molecule has 1 aliphatic rings. The molecule has 0 saturated carbocycles. The molecule has 2 N–H and O–H groups in total. The van der Waals surface area contributed by atoms with E-state index in [1.54, 1.807) is 16.4 Å². The molecule has 1 aromatic rings. The van der Waals surface area contributed by atoms with Crippen molar-refractivity contribution in [3.63, 3.8) is 0 Å². The number of hydrogen-bond acceptors (Lipinski definition) is 3. The fourth-order valence-corrected chi connectivity index (χ4v) is 4.12. The van der Waals surface area contributed by atoms with E-state index in [-0.39, 0.29) is 12.0 Å². The fraction of sp³-hybridized carbons (Fsp3) is 0.538. The van der Waals surface area contributed by atoms with E-state index in [1.165, 1.54) is 0 Å². The van der Waals surface area contributed by atoms with Gasteiger partial charge in [0.05, 0.1) is 4.90 Å². The fourth-order valence-electron chi connectivity index (χ4n) is 2.39. The zero-order valence-corrected chi connectivity index (χ0v) is 11.7. The minimum absolute atomic E-state index is 0.0436. The largest absolute Gasteiger partial charge is 0.328 e. The maximum atomic E-state index is 12.5. The highest BCUT2D eigenvalue weighted by Gasteiger charge is 2.34. The standard InChI is InChI=1S/C13H20N2O2S/c1-10-5-3-4-6-13(10)18(16,17)15-8-7-12(9-15)11(2)14/h3-6,11-12H,7-9,14H2,1-2H3. The summed E-state index contributed by atoms with van der Waals surface area (Å²) in [6, 6.07) is 7.15. The van der Waals surface area contributed by atoms with Gasteiger partial charge in [-0.25, -0.2) is 8.42 Å². The number of benzene rings is 1. The van der Waals surface area contributed by atoms with Gasteiger partial charge in [-0.2, -0.15) is 4.31 Å². The lowest BCUT2D eigenvalue weighted by Crippen LogP contribution is -2.33. The van der Waals surface area contributed by atoms with Crippen LogP contribution in [0.4, 0.5) is 0 Å². The van der Waals surface area contributed by atoms with Crippen LogP contribution < -0.4 is 5.73 Å². The molecule has 2 rings (SSSR count). The van der Waals surface area contributed by atoms with Crippen LogP contribution in [0.2, 0.25) is 0 Å². The Labute approximate surface area is 109 Å². The summed E-state index contributed by atoms with van der Waals surface area (Å²) >= 11 is 0. The number of sulfonamides is 1. The third kappa shape index (κ3) is 2.43. The van der Waals surface area contributed by atoms with E-state index in [9.17, 15) is 8.42 Å². The van der Waals surface area contributed by atoms with Gasteiger partial charge in [-0.3, -0.25) is 0 Å². The van der Waals surface area contributed by atoms with Gasteiger partial charge >= 0.3 is 0 Å². The molecule has 1 aliphatic heterocycles. The Morgan fingerprint density at radius 3 is 2.61 bits per heavy atom. The van der Waals surface area contributed by atoms with Crippen LogP contribution in [0, 0.1) is 12.8 Å². The van der Waals surface area contributed by atoms with Crippen LogP contribution in [0.25, 0.3) is 0 Å². The Kier molecular flexibility index (Phi) is 3.75. The van der Waals surface area contributed by atoms with Crippen molar-refractivity contribution in [2.24, 2.45) is 11.7 Å². The van der Waals surface area contributed by atoms with Crippen molar-refractivity contribution >= 4 is 10.0 Å². The third-order valence-electron chi connectivity index (χ3n) is 3.64. The number of nitrogens with zero attached hydrogens (tertiary/aromatic N) is 1. The van der Waals surface area contributed by atoms with E-state index in [1.807, 2.05) is 26.0 Å². The van der Waals surface area contributed by atoms with Crippen LogP contribution in [0.5, 0.6) is 0 Å². The first-order valence-corrected chi connectivity index (χ1v) is 7.68. The summed E-state index contributed by atoms with van der Waals surface area (Å²) in [5.74, 6) is 0.267. The maximum absolute atomic E-state index is 12.5. The summed E-state index contributed by atoms with van der Waals surface area (Å²) in [4.78, 5) is 0.412. The van der Waals surface area contributed by atoms with Crippen LogP contribution in [-0.4, -0.2) is 31.9 Å². The molecule has 18 heavy (non-hydrogen) atoms. The third-order valence-corrected chi connectivity index (χ3v) is 5.67. The molecule has 2 atom stereocenters. The number of aryl methyl sites for hydroxylation is 1. The van der Waals surface area contributed by atoms with Gasteiger partial charge in [0, 0.05) is 19.1 Å². The molecule has 0 aliphatic carbocycles. The first-order valence-electron chi connectivity index (χ1n) is 6.24. The molecule has 0 radical (unpaired) electrons. The lowest BCUT2D eigenvalue weighted by Gasteiger charge is -2.19. The summed E-state index contributed by atoms with van der Waals surface area (Å²) in [5.41, 5.74) is 6.64. The minimum Gasteiger partial charge on any atom is -0.328 e. The molecule has 2 unspecified atom stereocenters. The highest BCUT2D eigenvalue weighted by atomic mass is 32.2. The Balaban J connectivity index is 2.26. The molecule has 4 nitrogen and oxygen atoms in total. The molecule has 0 amide bonds. The van der Waals surface area contributed by atoms with Crippen molar-refractivity contribution in [1.29, 1.82) is 0 Å². The van der Waals surface area contributed by atoms with E-state index < -0.39 is 10.0 Å². The first-order chi connectivity index (χ1) is 8.43. The van der Waals surface area contributed by atoms with Crippen LogP contribution in [-0.2, 0) is 10.0 Å². The van der Waals surface area contributed by atoms with Crippen LogP contribution in [0.3, 0.4) is 0 Å². The summed E-state index contributed by atoms with van der Waals surface area (Å²) in [6.45, 7) is 4.87. The number of nitrogens with two attached hydrogens (primary N) is 1. The van der Waals surface area contributed by atoms with E-state index in [2.05, 4.69) is 0 Å². The number of rotatable bonds is 3. The van der Waals surface area contributed by atoms with Crippen LogP contribution >= 0.6 is 0 Å². The van der Waals surface area contributed by atoms with Gasteiger partial charge in [0.25, 0.3) is 0 Å². The molecular weight excluding hydrogens is 248 g/mol. The van der Waals surface area contributed by atoms with E-state index in [0.717, 1.165) is 12.0 Å². The molecule has 0 spiro atoms. The Morgan fingerprint density at radius 2 is 2.06 bits per heavy atom. The molecule has 5 heteroatoms. The van der Waals surface area contributed by atoms with Gasteiger partial charge in [0.1, 0.15) is 0 Å². The maximum Gasteiger partial charge on any atom is 0.243 e. The molecule has 100 valence electrons. The minimum atomic E-state index is -3.36. The summed E-state index contributed by atoms with van der Waals surface area (Å²) in [5, 5.41) is 0. The molecule has 0 aromatic heterocycles. The molecular formula is C13H20N2O2S. The predicted molar refractivity (Wildman–Crippen MR) is 71.7 cm³/mol. The van der Waals surface area contributed by atoms with Crippen molar-refractivity contribution in [3.05, 3.63) is 29.8 Å². The second-order valence-corrected chi connectivity index (χ2v) is 6.94. The summed E-state index contributed by atoms with van der Waals surface area (Å²) in [6.07, 6.45) is 0.850.